The Morgan fingerprint density at radius 3 is 2.95 bits per heavy atom. The molecule has 3 N–H and O–H groups in total. The van der Waals surface area contributed by atoms with E-state index in [2.05, 4.69) is 4.98 Å². The van der Waals surface area contributed by atoms with Crippen molar-refractivity contribution in [2.75, 3.05) is 12.1 Å². The van der Waals surface area contributed by atoms with Gasteiger partial charge in [0.15, 0.2) is 5.82 Å². The molecule has 9 heteroatoms. The number of carbonyl (C=O) groups is 1. The number of rotatable bonds is 5. The Bertz CT molecular complexity index is 587. The molecule has 3 atom stereocenters. The standard InChI is InChI=1S/C13H19N3O6/c1-7(2)12(18)21-6-9-8(17)5-11(22-9)16-4-3-10(15-20)14-13(16)19/h3-4,7-9,11,17,20H,5-6H2,1-2H3,(H,14,15,19)/t8?,9-,11-/m1/s1. The second kappa shape index (κ2) is 6.86. The normalized spacial score (nSPS) is 24.5. The first-order valence-electron chi connectivity index (χ1n) is 6.91. The molecule has 1 aromatic heterocycles. The number of hydrogen-bond acceptors (Lipinski definition) is 8. The van der Waals surface area contributed by atoms with Crippen molar-refractivity contribution in [3.63, 3.8) is 0 Å². The number of aromatic nitrogens is 2. The topological polar surface area (TPSA) is 123 Å². The summed E-state index contributed by atoms with van der Waals surface area (Å²) in [6, 6.07) is 1.39. The summed E-state index contributed by atoms with van der Waals surface area (Å²) in [7, 11) is 0. The monoisotopic (exact) mass is 313 g/mol. The minimum atomic E-state index is -0.854. The molecular formula is C13H19N3O6. The third kappa shape index (κ3) is 3.62. The van der Waals surface area contributed by atoms with Crippen molar-refractivity contribution >= 4 is 11.8 Å². The van der Waals surface area contributed by atoms with Gasteiger partial charge in [0.1, 0.15) is 18.9 Å². The number of anilines is 1. The maximum Gasteiger partial charge on any atom is 0.351 e. The highest BCUT2D eigenvalue weighted by molar-refractivity contribution is 5.71. The number of nitrogens with one attached hydrogen (secondary N) is 1. The van der Waals surface area contributed by atoms with Gasteiger partial charge in [-0.1, -0.05) is 13.8 Å². The maximum absolute atomic E-state index is 11.8. The van der Waals surface area contributed by atoms with Crippen LogP contribution in [0.4, 0.5) is 5.82 Å². The van der Waals surface area contributed by atoms with Crippen LogP contribution in [-0.4, -0.2) is 44.6 Å². The molecule has 0 radical (unpaired) electrons. The zero-order chi connectivity index (χ0) is 16.3. The molecule has 9 nitrogen and oxygen atoms in total. The number of aliphatic hydroxyl groups excluding tert-OH is 1. The minimum absolute atomic E-state index is 0.0159. The van der Waals surface area contributed by atoms with Crippen molar-refractivity contribution in [1.29, 1.82) is 0 Å². The third-order valence-corrected chi connectivity index (χ3v) is 3.32. The number of carbonyl (C=O) groups excluding carboxylic acids is 1. The van der Waals surface area contributed by atoms with E-state index in [4.69, 9.17) is 14.7 Å². The highest BCUT2D eigenvalue weighted by Crippen LogP contribution is 2.28. The summed E-state index contributed by atoms with van der Waals surface area (Å²) >= 11 is 0. The first kappa shape index (κ1) is 16.4. The van der Waals surface area contributed by atoms with E-state index >= 15 is 0 Å². The van der Waals surface area contributed by atoms with E-state index in [0.29, 0.717) is 0 Å². The molecule has 0 bridgehead atoms. The fourth-order valence-corrected chi connectivity index (χ4v) is 2.06. The van der Waals surface area contributed by atoms with Crippen LogP contribution in [-0.2, 0) is 14.3 Å². The molecule has 0 spiro atoms. The molecule has 1 aromatic rings. The Hall–Kier alpha value is -1.97. The highest BCUT2D eigenvalue weighted by Gasteiger charge is 2.36. The fourth-order valence-electron chi connectivity index (χ4n) is 2.06. The van der Waals surface area contributed by atoms with Crippen LogP contribution in [0.3, 0.4) is 0 Å². The number of aliphatic hydroxyl groups is 1. The van der Waals surface area contributed by atoms with Gasteiger partial charge in [-0.05, 0) is 6.07 Å². The van der Waals surface area contributed by atoms with Gasteiger partial charge in [0.25, 0.3) is 0 Å². The van der Waals surface area contributed by atoms with E-state index in [1.807, 2.05) is 0 Å². The Morgan fingerprint density at radius 2 is 2.36 bits per heavy atom. The quantitative estimate of drug-likeness (QED) is 0.508. The van der Waals surface area contributed by atoms with Gasteiger partial charge in [-0.3, -0.25) is 20.0 Å². The lowest BCUT2D eigenvalue weighted by Crippen LogP contribution is -2.30. The Morgan fingerprint density at radius 1 is 1.64 bits per heavy atom. The van der Waals surface area contributed by atoms with E-state index in [0.717, 1.165) is 0 Å². The first-order valence-corrected chi connectivity index (χ1v) is 6.91. The fraction of sp³-hybridized carbons (Fsp3) is 0.615. The van der Waals surface area contributed by atoms with E-state index < -0.39 is 24.1 Å². The number of nitrogens with zero attached hydrogens (tertiary/aromatic N) is 2. The van der Waals surface area contributed by atoms with Crippen LogP contribution >= 0.6 is 0 Å². The highest BCUT2D eigenvalue weighted by atomic mass is 16.6. The van der Waals surface area contributed by atoms with Gasteiger partial charge in [-0.2, -0.15) is 4.98 Å². The molecular weight excluding hydrogens is 294 g/mol. The van der Waals surface area contributed by atoms with Gasteiger partial charge >= 0.3 is 11.7 Å². The summed E-state index contributed by atoms with van der Waals surface area (Å²) in [5.41, 5.74) is 1.15. The summed E-state index contributed by atoms with van der Waals surface area (Å²) < 4.78 is 11.8. The van der Waals surface area contributed by atoms with Gasteiger partial charge in [0, 0.05) is 12.6 Å². The second-order valence-corrected chi connectivity index (χ2v) is 5.33. The van der Waals surface area contributed by atoms with Crippen LogP contribution in [0.15, 0.2) is 17.1 Å². The number of esters is 1. The third-order valence-electron chi connectivity index (χ3n) is 3.32. The molecule has 2 rings (SSSR count). The molecule has 1 saturated heterocycles. The molecule has 1 unspecified atom stereocenters. The van der Waals surface area contributed by atoms with Crippen LogP contribution in [0.5, 0.6) is 0 Å². The average Bonchev–Trinajstić information content (AvgIpc) is 2.85. The van der Waals surface area contributed by atoms with Gasteiger partial charge in [-0.15, -0.1) is 0 Å². The van der Waals surface area contributed by atoms with Gasteiger partial charge in [-0.25, -0.2) is 4.79 Å². The van der Waals surface area contributed by atoms with Crippen LogP contribution < -0.4 is 11.2 Å². The maximum atomic E-state index is 11.8. The van der Waals surface area contributed by atoms with E-state index in [1.165, 1.54) is 16.8 Å². The molecule has 0 amide bonds. The smallest absolute Gasteiger partial charge is 0.351 e. The SMILES string of the molecule is CC(C)C(=O)OC[C@H]1O[C@@H](n2ccc(NO)nc2=O)CC1O. The van der Waals surface area contributed by atoms with Crippen molar-refractivity contribution in [1.82, 2.24) is 9.55 Å². The van der Waals surface area contributed by atoms with Crippen LogP contribution in [0.2, 0.25) is 0 Å². The Kier molecular flexibility index (Phi) is 5.11. The largest absolute Gasteiger partial charge is 0.463 e. The van der Waals surface area contributed by atoms with Gasteiger partial charge < -0.3 is 14.6 Å². The predicted molar refractivity (Wildman–Crippen MR) is 74.2 cm³/mol. The first-order chi connectivity index (χ1) is 10.4. The number of ether oxygens (including phenoxy) is 2. The van der Waals surface area contributed by atoms with Gasteiger partial charge in [0.2, 0.25) is 0 Å². The van der Waals surface area contributed by atoms with Crippen molar-refractivity contribution in [3.05, 3.63) is 22.7 Å². The molecule has 0 aromatic carbocycles. The molecule has 122 valence electrons. The molecule has 0 aliphatic carbocycles. The van der Waals surface area contributed by atoms with Crippen LogP contribution in [0, 0.1) is 5.92 Å². The lowest BCUT2D eigenvalue weighted by atomic mass is 10.2. The van der Waals surface area contributed by atoms with Crippen molar-refractivity contribution < 1.29 is 24.6 Å². The lowest BCUT2D eigenvalue weighted by Gasteiger charge is -2.16. The zero-order valence-electron chi connectivity index (χ0n) is 12.3. The van der Waals surface area contributed by atoms with Crippen molar-refractivity contribution in [3.8, 4) is 0 Å². The molecule has 2 heterocycles. The summed E-state index contributed by atoms with van der Waals surface area (Å²) in [5.74, 6) is -0.627. The number of hydrogen-bond donors (Lipinski definition) is 3. The molecule has 1 fully saturated rings. The van der Waals surface area contributed by atoms with Gasteiger partial charge in [0.05, 0.1) is 12.0 Å². The summed E-state index contributed by atoms with van der Waals surface area (Å²) in [6.45, 7) is 3.34. The van der Waals surface area contributed by atoms with E-state index in [1.54, 1.807) is 19.3 Å². The minimum Gasteiger partial charge on any atom is -0.463 e. The molecule has 1 aliphatic heterocycles. The van der Waals surface area contributed by atoms with Crippen molar-refractivity contribution in [2.45, 2.75) is 38.7 Å². The van der Waals surface area contributed by atoms with Crippen molar-refractivity contribution in [2.24, 2.45) is 5.92 Å². The summed E-state index contributed by atoms with van der Waals surface area (Å²) in [4.78, 5) is 26.8. The molecule has 1 aliphatic rings. The second-order valence-electron chi connectivity index (χ2n) is 5.33. The van der Waals surface area contributed by atoms with Crippen LogP contribution in [0.1, 0.15) is 26.5 Å². The Labute approximate surface area is 126 Å². The lowest BCUT2D eigenvalue weighted by molar-refractivity contribution is -0.153. The summed E-state index contributed by atoms with van der Waals surface area (Å²) in [5, 5.41) is 18.6. The predicted octanol–water partition coefficient (Wildman–Crippen LogP) is -0.108. The summed E-state index contributed by atoms with van der Waals surface area (Å²) in [6.07, 6.45) is -0.682. The van der Waals surface area contributed by atoms with Crippen LogP contribution in [0.25, 0.3) is 0 Å². The molecule has 22 heavy (non-hydrogen) atoms. The van der Waals surface area contributed by atoms with E-state index in [-0.39, 0.29) is 30.7 Å². The Balaban J connectivity index is 2.01. The average molecular weight is 313 g/mol. The van der Waals surface area contributed by atoms with E-state index in [9.17, 15) is 14.7 Å². The molecule has 0 saturated carbocycles. The zero-order valence-corrected chi connectivity index (χ0v) is 12.3.